The minimum Gasteiger partial charge on any atom is -0.371 e. The van der Waals surface area contributed by atoms with Crippen molar-refractivity contribution in [2.24, 2.45) is 5.92 Å². The van der Waals surface area contributed by atoms with Gasteiger partial charge in [0.25, 0.3) is 18.2 Å². The summed E-state index contributed by atoms with van der Waals surface area (Å²) in [4.78, 5) is 62.8. The van der Waals surface area contributed by atoms with E-state index >= 15 is 8.78 Å². The Hall–Kier alpha value is -5.12. The molecule has 0 bridgehead atoms. The summed E-state index contributed by atoms with van der Waals surface area (Å²) in [7, 11) is 1.49. The van der Waals surface area contributed by atoms with Gasteiger partial charge in [-0.1, -0.05) is 32.0 Å². The van der Waals surface area contributed by atoms with Crippen molar-refractivity contribution < 1.29 is 36.7 Å². The minimum absolute atomic E-state index is 0.0254. The highest BCUT2D eigenvalue weighted by Crippen LogP contribution is 2.42. The number of piperidine rings is 1. The number of rotatable bonds is 12. The van der Waals surface area contributed by atoms with E-state index in [2.05, 4.69) is 20.1 Å². The lowest BCUT2D eigenvalue weighted by Gasteiger charge is -2.46. The van der Waals surface area contributed by atoms with Crippen molar-refractivity contribution in [3.05, 3.63) is 99.2 Å². The average Bonchev–Trinajstić information content (AvgIpc) is 3.90. The maximum absolute atomic E-state index is 16.1. The number of aromatic amines is 1. The van der Waals surface area contributed by atoms with E-state index in [0.29, 0.717) is 73.4 Å². The van der Waals surface area contributed by atoms with Crippen LogP contribution in [0.3, 0.4) is 0 Å². The molecule has 9 rings (SSSR count). The number of nitrogens with one attached hydrogen (secondary N) is 2. The molecule has 61 heavy (non-hydrogen) atoms. The summed E-state index contributed by atoms with van der Waals surface area (Å²) in [5.74, 6) is -2.32. The summed E-state index contributed by atoms with van der Waals surface area (Å²) in [6, 6.07) is 12.2. The Kier molecular flexibility index (Phi) is 12.3. The van der Waals surface area contributed by atoms with Crippen molar-refractivity contribution in [3.8, 4) is 0 Å². The van der Waals surface area contributed by atoms with Crippen LogP contribution in [0.15, 0.2) is 48.5 Å². The van der Waals surface area contributed by atoms with E-state index in [1.807, 2.05) is 43.0 Å². The number of hydrogen-bond donors (Lipinski definition) is 2. The van der Waals surface area contributed by atoms with Gasteiger partial charge >= 0.3 is 0 Å². The number of H-pyrrole nitrogens is 1. The molecule has 3 amide bonds. The molecule has 3 aromatic carbocycles. The number of para-hydroxylation sites is 1. The van der Waals surface area contributed by atoms with Gasteiger partial charge in [-0.15, -0.1) is 0 Å². The first kappa shape index (κ1) is 42.6. The molecular weight excluding hydrogens is 791 g/mol. The molecule has 1 unspecified atom stereocenters. The van der Waals surface area contributed by atoms with E-state index in [1.54, 1.807) is 12.1 Å². The third-order valence-corrected chi connectivity index (χ3v) is 13.2. The van der Waals surface area contributed by atoms with Crippen LogP contribution in [0.2, 0.25) is 0 Å². The summed E-state index contributed by atoms with van der Waals surface area (Å²) in [5, 5.41) is 3.43. The molecule has 2 saturated heterocycles. The van der Waals surface area contributed by atoms with Crippen LogP contribution >= 0.6 is 0 Å². The van der Waals surface area contributed by atoms with Crippen LogP contribution in [0.1, 0.15) is 94.2 Å². The molecule has 2 fully saturated rings. The van der Waals surface area contributed by atoms with Crippen LogP contribution in [-0.2, 0) is 29.1 Å². The second-order valence-electron chi connectivity index (χ2n) is 16.7. The second-order valence-corrected chi connectivity index (χ2v) is 16.7. The Labute approximate surface area is 353 Å². The molecule has 0 saturated carbocycles. The zero-order valence-electron chi connectivity index (χ0n) is 34.9. The molecule has 2 N–H and O–H groups in total. The van der Waals surface area contributed by atoms with Crippen molar-refractivity contribution in [3.63, 3.8) is 0 Å². The fraction of sp³-hybridized carbons (Fsp3) is 0.478. The maximum Gasteiger partial charge on any atom is 0.262 e. The molecule has 2 atom stereocenters. The summed E-state index contributed by atoms with van der Waals surface area (Å²) >= 11 is 0. The van der Waals surface area contributed by atoms with Gasteiger partial charge in [0.15, 0.2) is 0 Å². The molecule has 0 spiro atoms. The van der Waals surface area contributed by atoms with E-state index in [1.165, 1.54) is 24.1 Å². The largest absolute Gasteiger partial charge is 0.371 e. The van der Waals surface area contributed by atoms with Gasteiger partial charge < -0.3 is 20.0 Å². The van der Waals surface area contributed by atoms with E-state index in [-0.39, 0.29) is 30.9 Å². The molecule has 5 aliphatic rings. The van der Waals surface area contributed by atoms with Crippen molar-refractivity contribution in [1.82, 2.24) is 29.9 Å². The summed E-state index contributed by atoms with van der Waals surface area (Å²) < 4.78 is 59.7. The van der Waals surface area contributed by atoms with Crippen LogP contribution in [0.4, 0.5) is 23.2 Å². The SMILES string of the molecule is CC.CNC(=O)CCC(C=O)N1C(=O)c2cc3c(cc2C1=O)CN(C1CN(CC2CCN(c4cc(F)c([C@@H]5c6[nH]c7ccccc7c6CCN5CC(F)F)c(F)c4)CC2)C1)C3. The number of carbonyl (C=O) groups is 4. The lowest BCUT2D eigenvalue weighted by atomic mass is 9.91. The number of nitrogens with zero attached hydrogens (tertiary/aromatic N) is 5. The topological polar surface area (TPSA) is 112 Å². The number of hydrogen-bond acceptors (Lipinski definition) is 8. The van der Waals surface area contributed by atoms with E-state index in [9.17, 15) is 28.0 Å². The quantitative estimate of drug-likeness (QED) is 0.0974. The Morgan fingerprint density at radius 3 is 2.18 bits per heavy atom. The lowest BCUT2D eigenvalue weighted by molar-refractivity contribution is -0.121. The molecule has 11 nitrogen and oxygen atoms in total. The Morgan fingerprint density at radius 2 is 1.57 bits per heavy atom. The summed E-state index contributed by atoms with van der Waals surface area (Å²) in [6.45, 7) is 9.01. The first-order chi connectivity index (χ1) is 29.5. The van der Waals surface area contributed by atoms with Crippen molar-refractivity contribution in [2.45, 2.75) is 83.6 Å². The molecule has 6 heterocycles. The molecule has 0 radical (unpaired) electrons. The molecular formula is C46H53F4N7O4. The number of amides is 3. The van der Waals surface area contributed by atoms with Crippen molar-refractivity contribution in [1.29, 1.82) is 0 Å². The molecule has 324 valence electrons. The van der Waals surface area contributed by atoms with E-state index in [4.69, 9.17) is 0 Å². The number of likely N-dealkylation sites (tertiary alicyclic amines) is 1. The van der Waals surface area contributed by atoms with Crippen LogP contribution in [0.25, 0.3) is 10.9 Å². The molecule has 15 heteroatoms. The van der Waals surface area contributed by atoms with Gasteiger partial charge in [0.05, 0.1) is 29.8 Å². The van der Waals surface area contributed by atoms with Gasteiger partial charge in [-0.2, -0.15) is 0 Å². The van der Waals surface area contributed by atoms with E-state index < -0.39 is 48.5 Å². The van der Waals surface area contributed by atoms with Gasteiger partial charge in [0.1, 0.15) is 17.9 Å². The first-order valence-corrected chi connectivity index (χ1v) is 21.5. The zero-order chi connectivity index (χ0) is 43.1. The minimum atomic E-state index is -2.65. The predicted octanol–water partition coefficient (Wildman–Crippen LogP) is 6.29. The number of benzene rings is 3. The Morgan fingerprint density at radius 1 is 0.934 bits per heavy atom. The Bertz CT molecular complexity index is 2250. The van der Waals surface area contributed by atoms with Gasteiger partial charge in [0.2, 0.25) is 5.91 Å². The van der Waals surface area contributed by atoms with Gasteiger partial charge in [-0.3, -0.25) is 34.0 Å². The van der Waals surface area contributed by atoms with Crippen LogP contribution in [-0.4, -0.2) is 120 Å². The fourth-order valence-corrected chi connectivity index (χ4v) is 10.1. The predicted molar refractivity (Wildman–Crippen MR) is 224 cm³/mol. The standard InChI is InChI=1S/C44H47F4N7O4.C2H6/c1-49-39(57)7-6-28(24-56)55-43(58)33-14-26-19-54(20-27(26)15-34(33)44(55)59)30-21-51(22-30)18-25-8-11-52(12-9-25)29-16-35(45)40(36(46)17-29)42-41-32(10-13-53(42)23-38(47)48)31-4-2-3-5-37(31)50-41;1-2/h2-5,14-17,24-25,28,30,38,42,50H,6-13,18-23H2,1H3,(H,49,57);1-2H3/t28?,42-;/m1./s1. The number of alkyl halides is 2. The average molecular weight is 844 g/mol. The van der Waals surface area contributed by atoms with Crippen LogP contribution in [0.5, 0.6) is 0 Å². The van der Waals surface area contributed by atoms with Crippen molar-refractivity contribution in [2.75, 3.05) is 57.8 Å². The molecule has 0 aliphatic carbocycles. The zero-order valence-corrected chi connectivity index (χ0v) is 34.9. The number of anilines is 1. The third kappa shape index (κ3) is 8.07. The van der Waals surface area contributed by atoms with Gasteiger partial charge in [-0.25, -0.2) is 17.6 Å². The van der Waals surface area contributed by atoms with Crippen LogP contribution in [0, 0.1) is 17.6 Å². The lowest BCUT2D eigenvalue weighted by Crippen LogP contribution is -2.59. The van der Waals surface area contributed by atoms with Gasteiger partial charge in [0, 0.05) is 99.7 Å². The highest BCUT2D eigenvalue weighted by Gasteiger charge is 2.43. The summed E-state index contributed by atoms with van der Waals surface area (Å²) in [5.41, 5.74) is 5.14. The smallest absolute Gasteiger partial charge is 0.262 e. The molecule has 5 aliphatic heterocycles. The molecule has 1 aromatic heterocycles. The molecule has 4 aromatic rings. The monoisotopic (exact) mass is 843 g/mol. The van der Waals surface area contributed by atoms with E-state index in [0.717, 1.165) is 65.0 Å². The first-order valence-electron chi connectivity index (χ1n) is 21.5. The van der Waals surface area contributed by atoms with Crippen LogP contribution < -0.4 is 10.2 Å². The number of imide groups is 1. The third-order valence-electron chi connectivity index (χ3n) is 13.2. The number of aldehydes is 1. The highest BCUT2D eigenvalue weighted by atomic mass is 19.3. The number of carbonyl (C=O) groups excluding carboxylic acids is 4. The normalized spacial score (nSPS) is 20.4. The number of fused-ring (bicyclic) bond motifs is 5. The second kappa shape index (κ2) is 17.7. The van der Waals surface area contributed by atoms with Gasteiger partial charge in [-0.05, 0) is 78.6 Å². The maximum atomic E-state index is 16.1. The summed E-state index contributed by atoms with van der Waals surface area (Å²) in [6.07, 6.45) is 0.238. The number of aromatic nitrogens is 1. The fourth-order valence-electron chi connectivity index (χ4n) is 10.1. The Balaban J connectivity index is 0.00000253. The highest BCUT2D eigenvalue weighted by molar-refractivity contribution is 6.22. The number of halogens is 4. The van der Waals surface area contributed by atoms with Crippen molar-refractivity contribution >= 4 is 40.6 Å².